The Labute approximate surface area is 181 Å². The van der Waals surface area contributed by atoms with Gasteiger partial charge in [-0.25, -0.2) is 4.39 Å². The fraction of sp³-hybridized carbons (Fsp3) is 0.346. The van der Waals surface area contributed by atoms with Gasteiger partial charge in [0.25, 0.3) is 5.91 Å². The number of hydrogen-bond donors (Lipinski definition) is 0. The third-order valence-corrected chi connectivity index (χ3v) is 5.02. The van der Waals surface area contributed by atoms with E-state index in [1.165, 1.54) is 6.92 Å². The lowest BCUT2D eigenvalue weighted by Crippen LogP contribution is -2.31. The standard InChI is InChI=1S/C26H34FNO2/c1-10-21(16-23(13-4)30-20(9)27)17(6)15-18(7)25-19(8)24(14-5)28(26(25)29)22(11-2)12-3/h10-13,15-16,20,24H,1-2,8,14H2,3-7,9H3. The summed E-state index contributed by atoms with van der Waals surface area (Å²) in [4.78, 5) is 15.0. The third-order valence-electron chi connectivity index (χ3n) is 5.02. The lowest BCUT2D eigenvalue weighted by molar-refractivity contribution is -0.124. The molecule has 1 fully saturated rings. The molecule has 0 aromatic carbocycles. The Kier molecular flexibility index (Phi) is 9.51. The summed E-state index contributed by atoms with van der Waals surface area (Å²) in [7, 11) is 0. The number of hydrogen-bond acceptors (Lipinski definition) is 2. The van der Waals surface area contributed by atoms with Crippen LogP contribution in [-0.4, -0.2) is 23.2 Å². The smallest absolute Gasteiger partial charge is 0.259 e. The molecule has 0 saturated carbocycles. The number of rotatable bonds is 9. The molecule has 1 heterocycles. The molecule has 0 aromatic rings. The first-order valence-electron chi connectivity index (χ1n) is 10.2. The summed E-state index contributed by atoms with van der Waals surface area (Å²) in [6.45, 7) is 22.7. The second-order valence-electron chi connectivity index (χ2n) is 7.08. The largest absolute Gasteiger partial charge is 0.461 e. The van der Waals surface area contributed by atoms with E-state index in [4.69, 9.17) is 4.74 Å². The zero-order valence-electron chi connectivity index (χ0n) is 19.1. The molecule has 0 N–H and O–H groups in total. The van der Waals surface area contributed by atoms with Gasteiger partial charge in [0.15, 0.2) is 0 Å². The topological polar surface area (TPSA) is 29.5 Å². The molecule has 0 aliphatic carbocycles. The molecule has 1 aliphatic rings. The molecular weight excluding hydrogens is 377 g/mol. The molecular formula is C26H34FNO2. The van der Waals surface area contributed by atoms with Crippen molar-refractivity contribution in [3.05, 3.63) is 95.5 Å². The van der Waals surface area contributed by atoms with Gasteiger partial charge in [0.1, 0.15) is 5.76 Å². The maximum absolute atomic E-state index is 13.2. The van der Waals surface area contributed by atoms with Crippen LogP contribution in [0.4, 0.5) is 4.39 Å². The van der Waals surface area contributed by atoms with Crippen molar-refractivity contribution in [2.45, 2.75) is 60.4 Å². The lowest BCUT2D eigenvalue weighted by Gasteiger charge is -2.24. The second-order valence-corrected chi connectivity index (χ2v) is 7.08. The van der Waals surface area contributed by atoms with Gasteiger partial charge in [-0.2, -0.15) is 0 Å². The minimum atomic E-state index is -1.41. The van der Waals surface area contributed by atoms with E-state index in [9.17, 15) is 9.18 Å². The first-order chi connectivity index (χ1) is 14.2. The molecule has 1 saturated heterocycles. The van der Waals surface area contributed by atoms with E-state index in [0.29, 0.717) is 11.3 Å². The van der Waals surface area contributed by atoms with E-state index in [1.807, 2.05) is 39.8 Å². The van der Waals surface area contributed by atoms with Crippen LogP contribution in [0.15, 0.2) is 95.5 Å². The van der Waals surface area contributed by atoms with Crippen LogP contribution in [0.5, 0.6) is 0 Å². The third kappa shape index (κ3) is 5.59. The number of carbonyl (C=O) groups is 1. The highest BCUT2D eigenvalue weighted by Gasteiger charge is 2.39. The van der Waals surface area contributed by atoms with Crippen molar-refractivity contribution in [2.75, 3.05) is 0 Å². The van der Waals surface area contributed by atoms with Crippen molar-refractivity contribution in [3.8, 4) is 0 Å². The Morgan fingerprint density at radius 2 is 1.83 bits per heavy atom. The molecule has 0 spiro atoms. The summed E-state index contributed by atoms with van der Waals surface area (Å²) >= 11 is 0. The van der Waals surface area contributed by atoms with Crippen LogP contribution in [0.2, 0.25) is 0 Å². The van der Waals surface area contributed by atoms with Crippen molar-refractivity contribution in [1.82, 2.24) is 4.90 Å². The van der Waals surface area contributed by atoms with Gasteiger partial charge in [-0.1, -0.05) is 44.9 Å². The number of likely N-dealkylation sites (tertiary alicyclic amines) is 1. The Morgan fingerprint density at radius 3 is 2.27 bits per heavy atom. The molecule has 1 rings (SSSR count). The van der Waals surface area contributed by atoms with Crippen LogP contribution >= 0.6 is 0 Å². The van der Waals surface area contributed by atoms with Gasteiger partial charge in [0, 0.05) is 18.2 Å². The maximum atomic E-state index is 13.2. The summed E-state index contributed by atoms with van der Waals surface area (Å²) in [5, 5.41) is 0. The van der Waals surface area contributed by atoms with E-state index in [-0.39, 0.29) is 11.9 Å². The number of alkyl halides is 1. The van der Waals surface area contributed by atoms with Crippen LogP contribution in [0, 0.1) is 0 Å². The number of nitrogens with zero attached hydrogens (tertiary/aromatic N) is 1. The maximum Gasteiger partial charge on any atom is 0.259 e. The van der Waals surface area contributed by atoms with Crippen molar-refractivity contribution >= 4 is 5.91 Å². The predicted molar refractivity (Wildman–Crippen MR) is 124 cm³/mol. The average Bonchev–Trinajstić information content (AvgIpc) is 2.95. The molecule has 1 amide bonds. The molecule has 4 heteroatoms. The Bertz CT molecular complexity index is 865. The summed E-state index contributed by atoms with van der Waals surface area (Å²) in [6.07, 6.45) is 9.95. The quantitative estimate of drug-likeness (QED) is 0.235. The minimum absolute atomic E-state index is 0.0748. The molecule has 2 atom stereocenters. The van der Waals surface area contributed by atoms with Crippen molar-refractivity contribution in [3.63, 3.8) is 0 Å². The number of halogens is 1. The lowest BCUT2D eigenvalue weighted by atomic mass is 9.96. The van der Waals surface area contributed by atoms with Gasteiger partial charge in [-0.05, 0) is 74.6 Å². The zero-order valence-corrected chi connectivity index (χ0v) is 19.1. The van der Waals surface area contributed by atoms with Crippen LogP contribution < -0.4 is 0 Å². The molecule has 0 bridgehead atoms. The van der Waals surface area contributed by atoms with Crippen LogP contribution in [-0.2, 0) is 9.53 Å². The molecule has 30 heavy (non-hydrogen) atoms. The van der Waals surface area contributed by atoms with Crippen molar-refractivity contribution in [1.29, 1.82) is 0 Å². The van der Waals surface area contributed by atoms with E-state index < -0.39 is 6.36 Å². The molecule has 1 aliphatic heterocycles. The van der Waals surface area contributed by atoms with Gasteiger partial charge in [0.2, 0.25) is 6.36 Å². The summed E-state index contributed by atoms with van der Waals surface area (Å²) in [5.41, 5.74) is 4.68. The predicted octanol–water partition coefficient (Wildman–Crippen LogP) is 6.86. The molecule has 162 valence electrons. The first-order valence-corrected chi connectivity index (χ1v) is 10.2. The van der Waals surface area contributed by atoms with E-state index in [1.54, 1.807) is 36.1 Å². The number of ether oxygens (including phenoxy) is 1. The van der Waals surface area contributed by atoms with Gasteiger partial charge in [-0.3, -0.25) is 4.79 Å². The normalized spacial score (nSPS) is 21.7. The van der Waals surface area contributed by atoms with Crippen molar-refractivity contribution < 1.29 is 13.9 Å². The van der Waals surface area contributed by atoms with E-state index in [0.717, 1.165) is 34.4 Å². The first kappa shape index (κ1) is 25.2. The van der Waals surface area contributed by atoms with Crippen LogP contribution in [0.25, 0.3) is 0 Å². The average molecular weight is 412 g/mol. The highest BCUT2D eigenvalue weighted by molar-refractivity contribution is 6.04. The molecule has 0 aromatic heterocycles. The summed E-state index contributed by atoms with van der Waals surface area (Å²) in [6, 6.07) is -0.0937. The SMILES string of the molecule is C=CC(=CC(=CC)OC(C)F)C(C)=CC(C)=C1C(=C)C(CC)N(C(C=C)=CC)C1=O. The summed E-state index contributed by atoms with van der Waals surface area (Å²) < 4.78 is 18.4. The number of carbonyl (C=O) groups excluding carboxylic acids is 1. The summed E-state index contributed by atoms with van der Waals surface area (Å²) in [5.74, 6) is 0.342. The highest BCUT2D eigenvalue weighted by atomic mass is 19.1. The molecule has 3 nitrogen and oxygen atoms in total. The van der Waals surface area contributed by atoms with E-state index >= 15 is 0 Å². The second kappa shape index (κ2) is 11.3. The van der Waals surface area contributed by atoms with Crippen LogP contribution in [0.3, 0.4) is 0 Å². The fourth-order valence-electron chi connectivity index (χ4n) is 3.57. The fourth-order valence-corrected chi connectivity index (χ4v) is 3.57. The van der Waals surface area contributed by atoms with Gasteiger partial charge < -0.3 is 9.64 Å². The van der Waals surface area contributed by atoms with Gasteiger partial charge >= 0.3 is 0 Å². The molecule has 0 radical (unpaired) electrons. The van der Waals surface area contributed by atoms with Gasteiger partial charge in [0.05, 0.1) is 6.04 Å². The number of allylic oxidation sites excluding steroid dienone is 9. The molecule has 2 unspecified atom stereocenters. The Morgan fingerprint density at radius 1 is 1.20 bits per heavy atom. The van der Waals surface area contributed by atoms with Crippen LogP contribution in [0.1, 0.15) is 48.0 Å². The number of amides is 1. The van der Waals surface area contributed by atoms with E-state index in [2.05, 4.69) is 19.7 Å². The van der Waals surface area contributed by atoms with Gasteiger partial charge in [-0.15, -0.1) is 0 Å². The monoisotopic (exact) mass is 411 g/mol. The van der Waals surface area contributed by atoms with Crippen molar-refractivity contribution in [2.24, 2.45) is 0 Å². The Balaban J connectivity index is 3.44. The Hall–Kier alpha value is -2.88. The highest BCUT2D eigenvalue weighted by Crippen LogP contribution is 2.36. The zero-order chi connectivity index (χ0) is 23.0. The minimum Gasteiger partial charge on any atom is -0.461 e.